The number of rotatable bonds is 6. The zero-order chi connectivity index (χ0) is 21.8. The molecule has 1 fully saturated rings. The Morgan fingerprint density at radius 3 is 2.58 bits per heavy atom. The summed E-state index contributed by atoms with van der Waals surface area (Å²) < 4.78 is 10.5. The number of anilines is 2. The maximum Gasteiger partial charge on any atom is 0.311 e. The van der Waals surface area contributed by atoms with Crippen LogP contribution in [0, 0.1) is 5.92 Å². The molecule has 1 atom stereocenters. The number of ether oxygens (including phenoxy) is 2. The van der Waals surface area contributed by atoms with E-state index in [1.54, 1.807) is 24.3 Å². The van der Waals surface area contributed by atoms with Crippen LogP contribution in [0.2, 0.25) is 0 Å². The summed E-state index contributed by atoms with van der Waals surface area (Å²) in [5, 5.41) is 4.79. The van der Waals surface area contributed by atoms with Crippen molar-refractivity contribution >= 4 is 39.9 Å². The monoisotopic (exact) mass is 418 g/mol. The fraction of sp³-hybridized carbons (Fsp3) is 0.208. The summed E-state index contributed by atoms with van der Waals surface area (Å²) in [6.45, 7) is -0.227. The van der Waals surface area contributed by atoms with Gasteiger partial charge in [0.15, 0.2) is 6.61 Å². The van der Waals surface area contributed by atoms with Crippen LogP contribution in [0.15, 0.2) is 66.7 Å². The number of fused-ring (bicyclic) bond motifs is 1. The first-order valence-corrected chi connectivity index (χ1v) is 9.94. The van der Waals surface area contributed by atoms with E-state index in [1.165, 1.54) is 12.0 Å². The van der Waals surface area contributed by atoms with Gasteiger partial charge in [0.05, 0.1) is 18.7 Å². The summed E-state index contributed by atoms with van der Waals surface area (Å²) in [5.41, 5.74) is 1.23. The number of carbonyl (C=O) groups is 3. The molecule has 7 heteroatoms. The third-order valence-electron chi connectivity index (χ3n) is 5.21. The molecule has 4 rings (SSSR count). The Labute approximate surface area is 179 Å². The van der Waals surface area contributed by atoms with Crippen molar-refractivity contribution in [3.05, 3.63) is 66.7 Å². The van der Waals surface area contributed by atoms with Crippen LogP contribution < -0.4 is 15.0 Å². The van der Waals surface area contributed by atoms with Crippen LogP contribution in [0.5, 0.6) is 5.75 Å². The van der Waals surface area contributed by atoms with Crippen molar-refractivity contribution in [2.75, 3.05) is 30.5 Å². The molecule has 2 amide bonds. The summed E-state index contributed by atoms with van der Waals surface area (Å²) in [7, 11) is 1.53. The zero-order valence-electron chi connectivity index (χ0n) is 17.0. The predicted molar refractivity (Wildman–Crippen MR) is 117 cm³/mol. The number of hydrogen-bond acceptors (Lipinski definition) is 5. The topological polar surface area (TPSA) is 84.9 Å². The van der Waals surface area contributed by atoms with Gasteiger partial charge >= 0.3 is 5.97 Å². The highest BCUT2D eigenvalue weighted by atomic mass is 16.5. The van der Waals surface area contributed by atoms with Gasteiger partial charge in [-0.25, -0.2) is 0 Å². The van der Waals surface area contributed by atoms with E-state index in [0.29, 0.717) is 17.1 Å². The van der Waals surface area contributed by atoms with Crippen LogP contribution in [0.3, 0.4) is 0 Å². The first-order valence-electron chi connectivity index (χ1n) is 9.94. The Kier molecular flexibility index (Phi) is 5.84. The molecule has 1 aliphatic rings. The highest BCUT2D eigenvalue weighted by Crippen LogP contribution is 2.33. The van der Waals surface area contributed by atoms with Gasteiger partial charge in [0.1, 0.15) is 5.75 Å². The molecular formula is C24H22N2O5. The van der Waals surface area contributed by atoms with Crippen LogP contribution in [0.1, 0.15) is 6.42 Å². The molecule has 0 aromatic heterocycles. The van der Waals surface area contributed by atoms with Crippen molar-refractivity contribution in [2.45, 2.75) is 6.42 Å². The first kappa shape index (κ1) is 20.4. The Bertz CT molecular complexity index is 1140. The van der Waals surface area contributed by atoms with Crippen molar-refractivity contribution < 1.29 is 23.9 Å². The Morgan fingerprint density at radius 2 is 1.77 bits per heavy atom. The van der Waals surface area contributed by atoms with Gasteiger partial charge in [-0.2, -0.15) is 0 Å². The van der Waals surface area contributed by atoms with Crippen LogP contribution in [0.25, 0.3) is 10.8 Å². The number of methoxy groups -OCH3 is 1. The average molecular weight is 418 g/mol. The molecule has 31 heavy (non-hydrogen) atoms. The second-order valence-electron chi connectivity index (χ2n) is 7.30. The fourth-order valence-corrected chi connectivity index (χ4v) is 3.67. The maximum absolute atomic E-state index is 12.4. The van der Waals surface area contributed by atoms with Crippen molar-refractivity contribution in [3.63, 3.8) is 0 Å². The van der Waals surface area contributed by atoms with Crippen molar-refractivity contribution in [1.82, 2.24) is 0 Å². The van der Waals surface area contributed by atoms with Gasteiger partial charge in [-0.1, -0.05) is 42.5 Å². The minimum atomic E-state index is -0.633. The number of nitrogens with zero attached hydrogens (tertiary/aromatic N) is 1. The van der Waals surface area contributed by atoms with Crippen LogP contribution >= 0.6 is 0 Å². The van der Waals surface area contributed by atoms with E-state index in [1.807, 2.05) is 42.5 Å². The zero-order valence-corrected chi connectivity index (χ0v) is 17.0. The lowest BCUT2D eigenvalue weighted by molar-refractivity contribution is -0.151. The lowest BCUT2D eigenvalue weighted by atomic mass is 10.1. The molecule has 0 unspecified atom stereocenters. The lowest BCUT2D eigenvalue weighted by Gasteiger charge is -2.19. The van der Waals surface area contributed by atoms with Gasteiger partial charge in [0.25, 0.3) is 5.91 Å². The molecule has 3 aromatic rings. The van der Waals surface area contributed by atoms with Crippen LogP contribution in [-0.4, -0.2) is 38.0 Å². The second-order valence-corrected chi connectivity index (χ2v) is 7.30. The van der Waals surface area contributed by atoms with Gasteiger partial charge in [-0.3, -0.25) is 14.4 Å². The molecule has 0 saturated carbocycles. The molecule has 0 radical (unpaired) electrons. The number of nitrogens with one attached hydrogen (secondary N) is 1. The minimum Gasteiger partial charge on any atom is -0.495 e. The normalized spacial score (nSPS) is 15.7. The van der Waals surface area contributed by atoms with Crippen LogP contribution in [-0.2, 0) is 19.1 Å². The highest BCUT2D eigenvalue weighted by Gasteiger charge is 2.37. The largest absolute Gasteiger partial charge is 0.495 e. The Morgan fingerprint density at radius 1 is 1.03 bits per heavy atom. The van der Waals surface area contributed by atoms with Gasteiger partial charge in [0, 0.05) is 18.7 Å². The molecule has 0 bridgehead atoms. The second kappa shape index (κ2) is 8.87. The summed E-state index contributed by atoms with van der Waals surface area (Å²) in [4.78, 5) is 38.6. The number of hydrogen-bond donors (Lipinski definition) is 1. The number of para-hydroxylation sites is 2. The molecule has 1 N–H and O–H groups in total. The summed E-state index contributed by atoms with van der Waals surface area (Å²) in [6, 6.07) is 20.5. The molecule has 0 spiro atoms. The van der Waals surface area contributed by atoms with Crippen molar-refractivity contribution in [3.8, 4) is 5.75 Å². The van der Waals surface area contributed by atoms with Crippen molar-refractivity contribution in [2.24, 2.45) is 5.92 Å². The average Bonchev–Trinajstić information content (AvgIpc) is 3.18. The third-order valence-corrected chi connectivity index (χ3v) is 5.21. The van der Waals surface area contributed by atoms with Gasteiger partial charge in [0.2, 0.25) is 5.91 Å². The van der Waals surface area contributed by atoms with E-state index in [4.69, 9.17) is 9.47 Å². The van der Waals surface area contributed by atoms with E-state index in [-0.39, 0.29) is 18.9 Å². The Balaban J connectivity index is 1.33. The molecule has 1 heterocycles. The van der Waals surface area contributed by atoms with E-state index in [0.717, 1.165) is 10.8 Å². The number of esters is 1. The molecule has 1 saturated heterocycles. The number of carbonyl (C=O) groups excluding carboxylic acids is 3. The predicted octanol–water partition coefficient (Wildman–Crippen LogP) is 3.38. The van der Waals surface area contributed by atoms with Crippen molar-refractivity contribution in [1.29, 1.82) is 0 Å². The fourth-order valence-electron chi connectivity index (χ4n) is 3.67. The van der Waals surface area contributed by atoms with E-state index in [2.05, 4.69) is 5.32 Å². The highest BCUT2D eigenvalue weighted by molar-refractivity contribution is 6.01. The summed E-state index contributed by atoms with van der Waals surface area (Å²) in [5.74, 6) is -1.27. The summed E-state index contributed by atoms with van der Waals surface area (Å²) in [6.07, 6.45) is 0.0309. The van der Waals surface area contributed by atoms with Crippen LogP contribution in [0.4, 0.5) is 11.4 Å². The van der Waals surface area contributed by atoms with Gasteiger partial charge in [-0.15, -0.1) is 0 Å². The molecule has 1 aliphatic heterocycles. The summed E-state index contributed by atoms with van der Waals surface area (Å²) >= 11 is 0. The first-order chi connectivity index (χ1) is 15.0. The van der Waals surface area contributed by atoms with Gasteiger partial charge in [-0.05, 0) is 35.0 Å². The smallest absolute Gasteiger partial charge is 0.311 e. The van der Waals surface area contributed by atoms with E-state index >= 15 is 0 Å². The lowest BCUT2D eigenvalue weighted by Crippen LogP contribution is -2.28. The number of benzene rings is 3. The maximum atomic E-state index is 12.4. The quantitative estimate of drug-likeness (QED) is 0.621. The molecule has 0 aliphatic carbocycles. The minimum absolute atomic E-state index is 0.0309. The molecule has 3 aromatic carbocycles. The third kappa shape index (κ3) is 4.50. The SMILES string of the molecule is COc1ccccc1N1C[C@@H](C(=O)OCC(=O)Nc2ccc3ccccc3c2)CC1=O. The number of amides is 2. The van der Waals surface area contributed by atoms with Gasteiger partial charge < -0.3 is 19.7 Å². The molecule has 158 valence electrons. The van der Waals surface area contributed by atoms with E-state index in [9.17, 15) is 14.4 Å². The van der Waals surface area contributed by atoms with E-state index < -0.39 is 24.4 Å². The standard InChI is InChI=1S/C24H22N2O5/c1-30-21-9-5-4-8-20(21)26-14-18(13-23(26)28)24(29)31-15-22(27)25-19-11-10-16-6-2-3-7-17(16)12-19/h2-12,18H,13-15H2,1H3,(H,25,27)/t18-/m0/s1. The Hall–Kier alpha value is -3.87. The molecular weight excluding hydrogens is 396 g/mol. The molecule has 7 nitrogen and oxygen atoms in total.